The molecule has 0 aliphatic heterocycles. The van der Waals surface area contributed by atoms with Crippen molar-refractivity contribution < 1.29 is 28.2 Å². The zero-order chi connectivity index (χ0) is 22.4. The number of anilines is 1. The van der Waals surface area contributed by atoms with Crippen molar-refractivity contribution in [3.05, 3.63) is 83.9 Å². The molecule has 3 aromatic rings. The Labute approximate surface area is 180 Å². The molecule has 1 amide bonds. The third-order valence-electron chi connectivity index (χ3n) is 4.48. The number of amides is 1. The third-order valence-corrected chi connectivity index (χ3v) is 5.87. The van der Waals surface area contributed by atoms with Crippen LogP contribution in [0.3, 0.4) is 0 Å². The Kier molecular flexibility index (Phi) is 6.78. The molecule has 0 fully saturated rings. The number of sulfonamides is 1. The van der Waals surface area contributed by atoms with Crippen molar-refractivity contribution in [3.8, 4) is 11.5 Å². The topological polar surface area (TPSA) is 125 Å². The van der Waals surface area contributed by atoms with E-state index in [2.05, 4.69) is 10.0 Å². The van der Waals surface area contributed by atoms with Gasteiger partial charge in [0.15, 0.2) is 11.5 Å². The second kappa shape index (κ2) is 9.50. The van der Waals surface area contributed by atoms with Gasteiger partial charge in [-0.1, -0.05) is 30.3 Å². The molecule has 3 rings (SSSR count). The van der Waals surface area contributed by atoms with E-state index in [0.717, 1.165) is 0 Å². The van der Waals surface area contributed by atoms with E-state index in [1.807, 2.05) is 0 Å². The summed E-state index contributed by atoms with van der Waals surface area (Å²) in [7, 11) is -2.39. The van der Waals surface area contributed by atoms with Gasteiger partial charge in [-0.3, -0.25) is 9.52 Å². The first-order chi connectivity index (χ1) is 14.8. The zero-order valence-corrected chi connectivity index (χ0v) is 17.5. The number of ether oxygens (including phenoxy) is 1. The molecule has 3 aromatic carbocycles. The second-order valence-corrected chi connectivity index (χ2v) is 8.34. The van der Waals surface area contributed by atoms with Crippen molar-refractivity contribution in [2.75, 3.05) is 18.4 Å². The number of benzene rings is 3. The van der Waals surface area contributed by atoms with Crippen molar-refractivity contribution in [1.29, 1.82) is 0 Å². The molecule has 9 heteroatoms. The van der Waals surface area contributed by atoms with Gasteiger partial charge in [0.1, 0.15) is 0 Å². The number of aliphatic hydroxyl groups excluding tert-OH is 1. The first-order valence-corrected chi connectivity index (χ1v) is 10.8. The largest absolute Gasteiger partial charge is 0.504 e. The monoisotopic (exact) mass is 442 g/mol. The lowest BCUT2D eigenvalue weighted by molar-refractivity contribution is 0.0916. The van der Waals surface area contributed by atoms with Crippen LogP contribution in [0.1, 0.15) is 22.0 Å². The summed E-state index contributed by atoms with van der Waals surface area (Å²) in [4.78, 5) is 12.6. The summed E-state index contributed by atoms with van der Waals surface area (Å²) in [5.74, 6) is -0.330. The maximum Gasteiger partial charge on any atom is 0.261 e. The quantitative estimate of drug-likeness (QED) is 0.425. The average Bonchev–Trinajstić information content (AvgIpc) is 2.78. The third kappa shape index (κ3) is 5.53. The lowest BCUT2D eigenvalue weighted by Crippen LogP contribution is -2.28. The van der Waals surface area contributed by atoms with Crippen LogP contribution in [0.15, 0.2) is 77.7 Å². The van der Waals surface area contributed by atoms with Gasteiger partial charge in [-0.15, -0.1) is 0 Å². The average molecular weight is 442 g/mol. The van der Waals surface area contributed by atoms with E-state index in [4.69, 9.17) is 4.74 Å². The van der Waals surface area contributed by atoms with E-state index in [0.29, 0.717) is 5.56 Å². The first-order valence-electron chi connectivity index (χ1n) is 9.31. The summed E-state index contributed by atoms with van der Waals surface area (Å²) in [5, 5.41) is 22.6. The molecule has 0 spiro atoms. The normalized spacial score (nSPS) is 12.1. The molecule has 0 saturated carbocycles. The molecule has 0 aliphatic rings. The van der Waals surface area contributed by atoms with Crippen molar-refractivity contribution in [2.45, 2.75) is 11.0 Å². The van der Waals surface area contributed by atoms with Gasteiger partial charge in [0.25, 0.3) is 15.9 Å². The molecule has 1 unspecified atom stereocenters. The lowest BCUT2D eigenvalue weighted by Gasteiger charge is -2.14. The molecule has 4 N–H and O–H groups in total. The van der Waals surface area contributed by atoms with Crippen LogP contribution in [0.5, 0.6) is 11.5 Å². The molecule has 8 nitrogen and oxygen atoms in total. The molecule has 162 valence electrons. The number of hydrogen-bond donors (Lipinski definition) is 4. The van der Waals surface area contributed by atoms with Crippen molar-refractivity contribution in [3.63, 3.8) is 0 Å². The van der Waals surface area contributed by atoms with E-state index in [1.165, 1.54) is 55.6 Å². The van der Waals surface area contributed by atoms with E-state index >= 15 is 0 Å². The first kappa shape index (κ1) is 22.1. The Bertz CT molecular complexity index is 1170. The van der Waals surface area contributed by atoms with Gasteiger partial charge < -0.3 is 20.3 Å². The van der Waals surface area contributed by atoms with Crippen LogP contribution in [0, 0.1) is 0 Å². The fourth-order valence-electron chi connectivity index (χ4n) is 2.85. The smallest absolute Gasteiger partial charge is 0.261 e. The van der Waals surface area contributed by atoms with Gasteiger partial charge in [0, 0.05) is 17.8 Å². The second-order valence-electron chi connectivity index (χ2n) is 6.66. The summed E-state index contributed by atoms with van der Waals surface area (Å²) in [6.45, 7) is -0.0905. The number of carbonyl (C=O) groups is 1. The van der Waals surface area contributed by atoms with E-state index in [9.17, 15) is 23.4 Å². The van der Waals surface area contributed by atoms with Crippen molar-refractivity contribution >= 4 is 21.6 Å². The summed E-state index contributed by atoms with van der Waals surface area (Å²) in [6.07, 6.45) is -1.03. The number of hydrogen-bond acceptors (Lipinski definition) is 6. The maximum atomic E-state index is 12.5. The number of nitrogens with one attached hydrogen (secondary N) is 2. The Hall–Kier alpha value is -3.56. The molecular weight excluding hydrogens is 420 g/mol. The lowest BCUT2D eigenvalue weighted by atomic mass is 10.1. The highest BCUT2D eigenvalue weighted by atomic mass is 32.2. The summed E-state index contributed by atoms with van der Waals surface area (Å²) in [6, 6.07) is 18.3. The van der Waals surface area contributed by atoms with Gasteiger partial charge in [-0.25, -0.2) is 8.42 Å². The van der Waals surface area contributed by atoms with E-state index in [1.54, 1.807) is 24.3 Å². The fourth-order valence-corrected chi connectivity index (χ4v) is 3.92. The number of carbonyl (C=O) groups excluding carboxylic acids is 1. The maximum absolute atomic E-state index is 12.5. The minimum absolute atomic E-state index is 0.0581. The van der Waals surface area contributed by atoms with Crippen molar-refractivity contribution in [2.24, 2.45) is 0 Å². The number of aliphatic hydroxyl groups is 1. The highest BCUT2D eigenvalue weighted by Crippen LogP contribution is 2.28. The van der Waals surface area contributed by atoms with Crippen LogP contribution >= 0.6 is 0 Å². The van der Waals surface area contributed by atoms with Crippen LogP contribution in [-0.4, -0.2) is 38.2 Å². The van der Waals surface area contributed by atoms with Crippen LogP contribution in [0.4, 0.5) is 5.69 Å². The number of methoxy groups -OCH3 is 1. The summed E-state index contributed by atoms with van der Waals surface area (Å²) >= 11 is 0. The summed E-state index contributed by atoms with van der Waals surface area (Å²) < 4.78 is 32.4. The number of rotatable bonds is 8. The minimum Gasteiger partial charge on any atom is -0.504 e. The highest BCUT2D eigenvalue weighted by Gasteiger charge is 2.16. The number of aromatic hydroxyl groups is 1. The molecule has 0 saturated heterocycles. The van der Waals surface area contributed by atoms with Crippen LogP contribution < -0.4 is 14.8 Å². The zero-order valence-electron chi connectivity index (χ0n) is 16.6. The minimum atomic E-state index is -3.78. The molecular formula is C22H22N2O6S. The molecule has 0 aliphatic carbocycles. The predicted molar refractivity (Wildman–Crippen MR) is 116 cm³/mol. The van der Waals surface area contributed by atoms with Gasteiger partial charge in [0.2, 0.25) is 0 Å². The number of phenolic OH excluding ortho intramolecular Hbond substituents is 1. The van der Waals surface area contributed by atoms with Crippen LogP contribution in [-0.2, 0) is 10.0 Å². The van der Waals surface area contributed by atoms with Gasteiger partial charge in [-0.05, 0) is 48.0 Å². The molecule has 31 heavy (non-hydrogen) atoms. The molecule has 0 aromatic heterocycles. The van der Waals surface area contributed by atoms with E-state index in [-0.39, 0.29) is 34.2 Å². The van der Waals surface area contributed by atoms with Gasteiger partial charge in [-0.2, -0.15) is 0 Å². The summed E-state index contributed by atoms with van der Waals surface area (Å²) in [5.41, 5.74) is 0.920. The van der Waals surface area contributed by atoms with E-state index < -0.39 is 22.0 Å². The van der Waals surface area contributed by atoms with Crippen molar-refractivity contribution in [1.82, 2.24) is 5.32 Å². The molecule has 0 radical (unpaired) electrons. The molecule has 0 heterocycles. The molecule has 0 bridgehead atoms. The van der Waals surface area contributed by atoms with Gasteiger partial charge >= 0.3 is 0 Å². The number of phenols is 1. The fraction of sp³-hybridized carbons (Fsp3) is 0.136. The predicted octanol–water partition coefficient (Wildman–Crippen LogP) is 2.67. The Morgan fingerprint density at radius 2 is 1.77 bits per heavy atom. The Balaban J connectivity index is 1.66. The SMILES string of the molecule is COc1cc(C(O)CNC(=O)c2cccc(NS(=O)(=O)c3ccccc3)c2)ccc1O. The standard InChI is InChI=1S/C22H22N2O6S/c1-30-21-13-15(10-11-19(21)25)20(26)14-23-22(27)16-6-5-7-17(12-16)24-31(28,29)18-8-3-2-4-9-18/h2-13,20,24-26H,14H2,1H3,(H,23,27). The highest BCUT2D eigenvalue weighted by molar-refractivity contribution is 7.92. The Morgan fingerprint density at radius 3 is 2.48 bits per heavy atom. The molecule has 1 atom stereocenters. The van der Waals surface area contributed by atoms with Gasteiger partial charge in [0.05, 0.1) is 18.1 Å². The van der Waals surface area contributed by atoms with Crippen LogP contribution in [0.25, 0.3) is 0 Å². The Morgan fingerprint density at radius 1 is 1.03 bits per heavy atom. The van der Waals surface area contributed by atoms with Crippen LogP contribution in [0.2, 0.25) is 0 Å².